The van der Waals surface area contributed by atoms with Gasteiger partial charge in [0, 0.05) is 12.4 Å². The maximum Gasteiger partial charge on any atom is 0.257 e. The van der Waals surface area contributed by atoms with E-state index >= 15 is 0 Å². The Morgan fingerprint density at radius 1 is 1.22 bits per heavy atom. The first-order chi connectivity index (χ1) is 8.59. The maximum atomic E-state index is 13.5. The Morgan fingerprint density at radius 3 is 2.67 bits per heavy atom. The molecule has 0 fully saturated rings. The third-order valence-corrected chi connectivity index (χ3v) is 2.83. The Hall–Kier alpha value is -1.65. The van der Waals surface area contributed by atoms with Crippen LogP contribution in [0.4, 0.5) is 10.1 Å². The Morgan fingerprint density at radius 2 is 2.00 bits per heavy atom. The lowest BCUT2D eigenvalue weighted by Crippen LogP contribution is -2.14. The molecule has 0 radical (unpaired) electrons. The summed E-state index contributed by atoms with van der Waals surface area (Å²) in [5.74, 6) is -1.16. The first kappa shape index (κ1) is 12.8. The second-order valence-electron chi connectivity index (χ2n) is 3.41. The van der Waals surface area contributed by atoms with Gasteiger partial charge >= 0.3 is 0 Å². The van der Waals surface area contributed by atoms with Gasteiger partial charge in [0.2, 0.25) is 0 Å². The average Bonchev–Trinajstić information content (AvgIpc) is 2.34. The highest BCUT2D eigenvalue weighted by Gasteiger charge is 2.14. The number of nitrogens with zero attached hydrogens (tertiary/aromatic N) is 1. The molecule has 92 valence electrons. The maximum absolute atomic E-state index is 13.5. The van der Waals surface area contributed by atoms with Crippen LogP contribution in [0.5, 0.6) is 0 Å². The predicted octanol–water partition coefficient (Wildman–Crippen LogP) is 3.78. The Kier molecular flexibility index (Phi) is 3.79. The van der Waals surface area contributed by atoms with Crippen LogP contribution in [0.25, 0.3) is 0 Å². The second kappa shape index (κ2) is 5.33. The van der Waals surface area contributed by atoms with Crippen molar-refractivity contribution in [2.75, 3.05) is 5.32 Å². The largest absolute Gasteiger partial charge is 0.318 e. The number of carbonyl (C=O) groups is 1. The fourth-order valence-electron chi connectivity index (χ4n) is 1.36. The molecule has 0 saturated carbocycles. The van der Waals surface area contributed by atoms with Crippen LogP contribution < -0.4 is 5.32 Å². The molecule has 6 heteroatoms. The zero-order chi connectivity index (χ0) is 13.1. The summed E-state index contributed by atoms with van der Waals surface area (Å²) in [7, 11) is 0. The number of para-hydroxylation sites is 1. The number of aromatic nitrogens is 1. The van der Waals surface area contributed by atoms with Crippen molar-refractivity contribution in [2.24, 2.45) is 0 Å². The van der Waals surface area contributed by atoms with Crippen molar-refractivity contribution < 1.29 is 9.18 Å². The lowest BCUT2D eigenvalue weighted by molar-refractivity contribution is 0.102. The lowest BCUT2D eigenvalue weighted by atomic mass is 10.2. The summed E-state index contributed by atoms with van der Waals surface area (Å²) in [6, 6.07) is 5.57. The van der Waals surface area contributed by atoms with Gasteiger partial charge in [0.15, 0.2) is 0 Å². The molecule has 18 heavy (non-hydrogen) atoms. The Labute approximate surface area is 113 Å². The van der Waals surface area contributed by atoms with Crippen molar-refractivity contribution in [3.8, 4) is 0 Å². The summed E-state index contributed by atoms with van der Waals surface area (Å²) in [4.78, 5) is 15.6. The predicted molar refractivity (Wildman–Crippen MR) is 68.6 cm³/mol. The summed E-state index contributed by atoms with van der Waals surface area (Å²) in [6.45, 7) is 0. The van der Waals surface area contributed by atoms with Gasteiger partial charge in [0.05, 0.1) is 21.3 Å². The van der Waals surface area contributed by atoms with E-state index in [1.165, 1.54) is 36.7 Å². The molecule has 1 aromatic carbocycles. The number of amides is 1. The van der Waals surface area contributed by atoms with Crippen molar-refractivity contribution in [1.82, 2.24) is 4.98 Å². The van der Waals surface area contributed by atoms with Gasteiger partial charge in [-0.2, -0.15) is 0 Å². The Bertz CT molecular complexity index is 584. The van der Waals surface area contributed by atoms with Gasteiger partial charge in [-0.25, -0.2) is 4.39 Å². The number of rotatable bonds is 2. The highest BCUT2D eigenvalue weighted by Crippen LogP contribution is 2.25. The molecule has 2 rings (SSSR count). The molecule has 0 aliphatic carbocycles. The van der Waals surface area contributed by atoms with E-state index in [1.54, 1.807) is 0 Å². The van der Waals surface area contributed by atoms with Crippen LogP contribution in [0, 0.1) is 5.82 Å². The van der Waals surface area contributed by atoms with Crippen molar-refractivity contribution in [1.29, 1.82) is 0 Å². The molecular formula is C12H7Cl2FN2O. The number of nitrogens with one attached hydrogen (secondary N) is 1. The van der Waals surface area contributed by atoms with Crippen LogP contribution in [0.1, 0.15) is 10.4 Å². The topological polar surface area (TPSA) is 42.0 Å². The SMILES string of the molecule is O=C(Nc1c(F)cccc1Cl)c1ccncc1Cl. The van der Waals surface area contributed by atoms with E-state index in [1.807, 2.05) is 0 Å². The fourth-order valence-corrected chi connectivity index (χ4v) is 1.77. The van der Waals surface area contributed by atoms with Crippen LogP contribution in [-0.2, 0) is 0 Å². The van der Waals surface area contributed by atoms with E-state index < -0.39 is 11.7 Å². The molecule has 0 aliphatic rings. The van der Waals surface area contributed by atoms with E-state index in [4.69, 9.17) is 23.2 Å². The van der Waals surface area contributed by atoms with Gasteiger partial charge in [-0.15, -0.1) is 0 Å². The molecule has 0 saturated heterocycles. The third-order valence-electron chi connectivity index (χ3n) is 2.22. The van der Waals surface area contributed by atoms with E-state index in [0.717, 1.165) is 0 Å². The van der Waals surface area contributed by atoms with Crippen LogP contribution in [-0.4, -0.2) is 10.9 Å². The van der Waals surface area contributed by atoms with Crippen molar-refractivity contribution in [3.63, 3.8) is 0 Å². The first-order valence-corrected chi connectivity index (χ1v) is 5.70. The molecule has 1 heterocycles. The molecule has 0 aliphatic heterocycles. The summed E-state index contributed by atoms with van der Waals surface area (Å²) in [6.07, 6.45) is 2.75. The monoisotopic (exact) mass is 284 g/mol. The number of anilines is 1. The van der Waals surface area contributed by atoms with E-state index in [0.29, 0.717) is 0 Å². The molecular weight excluding hydrogens is 278 g/mol. The van der Waals surface area contributed by atoms with E-state index in [2.05, 4.69) is 10.3 Å². The minimum absolute atomic E-state index is 0.0722. The summed E-state index contributed by atoms with van der Waals surface area (Å²) < 4.78 is 13.5. The van der Waals surface area contributed by atoms with Gasteiger partial charge in [-0.3, -0.25) is 9.78 Å². The van der Waals surface area contributed by atoms with E-state index in [9.17, 15) is 9.18 Å². The summed E-state index contributed by atoms with van der Waals surface area (Å²) >= 11 is 11.6. The molecule has 0 bridgehead atoms. The van der Waals surface area contributed by atoms with Crippen LogP contribution >= 0.6 is 23.2 Å². The lowest BCUT2D eigenvalue weighted by Gasteiger charge is -2.08. The minimum Gasteiger partial charge on any atom is -0.318 e. The highest BCUT2D eigenvalue weighted by atomic mass is 35.5. The molecule has 1 N–H and O–H groups in total. The smallest absolute Gasteiger partial charge is 0.257 e. The second-order valence-corrected chi connectivity index (χ2v) is 4.22. The zero-order valence-electron chi connectivity index (χ0n) is 8.95. The number of pyridine rings is 1. The summed E-state index contributed by atoms with van der Waals surface area (Å²) in [5, 5.41) is 2.68. The highest BCUT2D eigenvalue weighted by molar-refractivity contribution is 6.35. The molecule has 0 unspecified atom stereocenters. The Balaban J connectivity index is 2.30. The van der Waals surface area contributed by atoms with Crippen LogP contribution in [0.15, 0.2) is 36.7 Å². The molecule has 1 aromatic heterocycles. The number of hydrogen-bond donors (Lipinski definition) is 1. The zero-order valence-corrected chi connectivity index (χ0v) is 10.5. The number of benzene rings is 1. The van der Waals surface area contributed by atoms with Gasteiger partial charge in [-0.05, 0) is 18.2 Å². The molecule has 3 nitrogen and oxygen atoms in total. The average molecular weight is 285 g/mol. The van der Waals surface area contributed by atoms with Crippen LogP contribution in [0.2, 0.25) is 10.0 Å². The minimum atomic E-state index is -0.610. The molecule has 0 spiro atoms. The van der Waals surface area contributed by atoms with Gasteiger partial charge < -0.3 is 5.32 Å². The number of carbonyl (C=O) groups excluding carboxylic acids is 1. The number of hydrogen-bond acceptors (Lipinski definition) is 2. The quantitative estimate of drug-likeness (QED) is 0.912. The molecule has 0 atom stereocenters. The van der Waals surface area contributed by atoms with Crippen LogP contribution in [0.3, 0.4) is 0 Å². The molecule has 1 amide bonds. The van der Waals surface area contributed by atoms with Gasteiger partial charge in [0.1, 0.15) is 5.82 Å². The molecule has 2 aromatic rings. The fraction of sp³-hybridized carbons (Fsp3) is 0. The van der Waals surface area contributed by atoms with Crippen molar-refractivity contribution >= 4 is 34.8 Å². The van der Waals surface area contributed by atoms with Crippen molar-refractivity contribution in [2.45, 2.75) is 0 Å². The van der Waals surface area contributed by atoms with Gasteiger partial charge in [-0.1, -0.05) is 29.3 Å². The standard InChI is InChI=1S/C12H7Cl2FN2O/c13-8-2-1-3-10(15)11(8)17-12(18)7-4-5-16-6-9(7)14/h1-6H,(H,17,18). The van der Waals surface area contributed by atoms with E-state index in [-0.39, 0.29) is 21.3 Å². The van der Waals surface area contributed by atoms with Gasteiger partial charge in [0.25, 0.3) is 5.91 Å². The normalized spacial score (nSPS) is 10.2. The number of halogens is 3. The summed E-state index contributed by atoms with van der Waals surface area (Å²) in [5.41, 5.74) is 0.128. The van der Waals surface area contributed by atoms with Crippen molar-refractivity contribution in [3.05, 3.63) is 58.1 Å². The first-order valence-electron chi connectivity index (χ1n) is 4.94. The third kappa shape index (κ3) is 2.60.